The molecule has 0 amide bonds. The molecular weight excluding hydrogens is 838 g/mol. The summed E-state index contributed by atoms with van der Waals surface area (Å²) in [6.07, 6.45) is 44.3. The number of phosphoric acid groups is 2. The van der Waals surface area contributed by atoms with Gasteiger partial charge in [-0.05, 0) is 83.5 Å². The average Bonchev–Trinajstić information content (AvgIpc) is 3.22. The Morgan fingerprint density at radius 1 is 0.548 bits per heavy atom. The lowest BCUT2D eigenvalue weighted by atomic mass is 10.1. The highest BCUT2D eigenvalue weighted by atomic mass is 31.2. The van der Waals surface area contributed by atoms with Crippen molar-refractivity contribution in [1.29, 1.82) is 0 Å². The van der Waals surface area contributed by atoms with E-state index in [0.29, 0.717) is 19.3 Å². The zero-order valence-electron chi connectivity index (χ0n) is 37.0. The van der Waals surface area contributed by atoms with Gasteiger partial charge in [0, 0.05) is 12.8 Å². The fraction of sp³-hybridized carbons (Fsp3) is 0.609. The molecule has 0 saturated carbocycles. The molecule has 0 aromatic heterocycles. The predicted molar refractivity (Wildman–Crippen MR) is 245 cm³/mol. The van der Waals surface area contributed by atoms with Crippen molar-refractivity contribution in [2.75, 3.05) is 26.4 Å². The zero-order valence-corrected chi connectivity index (χ0v) is 38.8. The molecule has 354 valence electrons. The van der Waals surface area contributed by atoms with Gasteiger partial charge >= 0.3 is 27.6 Å². The fourth-order valence-electron chi connectivity index (χ4n) is 5.20. The monoisotopic (exact) mass is 914 g/mol. The van der Waals surface area contributed by atoms with Crippen molar-refractivity contribution in [2.45, 2.75) is 154 Å². The first-order valence-corrected chi connectivity index (χ1v) is 25.1. The summed E-state index contributed by atoms with van der Waals surface area (Å²) in [6, 6.07) is 0. The van der Waals surface area contributed by atoms with Gasteiger partial charge in [-0.1, -0.05) is 137 Å². The number of phosphoric ester groups is 2. The summed E-state index contributed by atoms with van der Waals surface area (Å²) in [4.78, 5) is 52.7. The molecule has 0 radical (unpaired) electrons. The van der Waals surface area contributed by atoms with E-state index in [0.717, 1.165) is 70.6 Å². The van der Waals surface area contributed by atoms with Gasteiger partial charge < -0.3 is 34.4 Å². The van der Waals surface area contributed by atoms with Crippen molar-refractivity contribution >= 4 is 27.6 Å². The van der Waals surface area contributed by atoms with Gasteiger partial charge in [-0.25, -0.2) is 9.13 Å². The fourth-order valence-corrected chi connectivity index (χ4v) is 6.36. The first-order chi connectivity index (χ1) is 29.8. The summed E-state index contributed by atoms with van der Waals surface area (Å²) >= 11 is 0. The van der Waals surface area contributed by atoms with E-state index in [9.17, 15) is 33.8 Å². The molecule has 0 fully saturated rings. The molecule has 14 nitrogen and oxygen atoms in total. The van der Waals surface area contributed by atoms with Gasteiger partial charge in [-0.3, -0.25) is 23.2 Å². The Morgan fingerprint density at radius 3 is 1.66 bits per heavy atom. The number of carbonyl (C=O) groups excluding carboxylic acids is 2. The van der Waals surface area contributed by atoms with Gasteiger partial charge in [0.15, 0.2) is 6.10 Å². The third-order valence-electron chi connectivity index (χ3n) is 8.55. The zero-order chi connectivity index (χ0) is 46.0. The predicted octanol–water partition coefficient (Wildman–Crippen LogP) is 10.3. The van der Waals surface area contributed by atoms with Crippen LogP contribution in [0.25, 0.3) is 0 Å². The number of aliphatic hydroxyl groups is 2. The second-order valence-electron chi connectivity index (χ2n) is 14.4. The summed E-state index contributed by atoms with van der Waals surface area (Å²) in [5.41, 5.74) is 0. The highest BCUT2D eigenvalue weighted by Gasteiger charge is 2.28. The number of ether oxygens (including phenoxy) is 2. The minimum atomic E-state index is -4.89. The first-order valence-electron chi connectivity index (χ1n) is 22.0. The summed E-state index contributed by atoms with van der Waals surface area (Å²) in [5, 5.41) is 20.0. The van der Waals surface area contributed by atoms with Crippen molar-refractivity contribution in [1.82, 2.24) is 0 Å². The van der Waals surface area contributed by atoms with Crippen molar-refractivity contribution in [3.8, 4) is 0 Å². The first kappa shape index (κ1) is 59.0. The SMILES string of the molecule is CC/C=C\C/C=C\C/C=C\C/C=C\CCCCCCC(=O)O[C@H](COC(=O)CCC[C@H](O)/C=C/C=C\C/C=C\C/C=C\CCCCC)COP(=O)(O)OC[C@@H](O)COP(=O)(O)O. The summed E-state index contributed by atoms with van der Waals surface area (Å²) < 4.78 is 47.6. The van der Waals surface area contributed by atoms with E-state index in [-0.39, 0.29) is 12.8 Å². The second-order valence-corrected chi connectivity index (χ2v) is 17.1. The molecular formula is C46H76O14P2. The Balaban J connectivity index is 4.76. The van der Waals surface area contributed by atoms with Crippen LogP contribution in [-0.2, 0) is 41.8 Å². The number of hydrogen-bond donors (Lipinski definition) is 5. The van der Waals surface area contributed by atoms with E-state index in [2.05, 4.69) is 95.8 Å². The number of aliphatic hydroxyl groups excluding tert-OH is 2. The number of allylic oxidation sites excluding steroid dienone is 15. The average molecular weight is 915 g/mol. The van der Waals surface area contributed by atoms with Crippen molar-refractivity contribution in [2.24, 2.45) is 0 Å². The molecule has 16 heteroatoms. The number of hydrogen-bond acceptors (Lipinski definition) is 11. The third kappa shape index (κ3) is 43.6. The molecule has 0 aliphatic carbocycles. The Bertz CT molecular complexity index is 1480. The van der Waals surface area contributed by atoms with Crippen LogP contribution in [0.1, 0.15) is 136 Å². The van der Waals surface area contributed by atoms with Gasteiger partial charge in [0.25, 0.3) is 0 Å². The standard InChI is InChI=1S/C46H76O14P2/c1-3-5-7-9-11-13-15-17-18-19-20-22-24-26-28-30-32-36-46(50)60-44(41-59-62(54,55)58-39-43(48)38-57-61(51,52)53)40-56-45(49)37-33-35-42(47)34-31-29-27-25-23-21-16-14-12-10-8-6-4-2/h5,7,11-14,17-18,20-23,27,29,31,34,42-44,47-48H,3-4,6,8-10,15-16,19,24-26,28,30,32-33,35-41H2,1-2H3,(H,54,55)(H2,51,52,53)/b7-5-,13-11-,14-12-,18-17-,22-20-,23-21-,29-27-,34-31+/t42-,43+,44-/m1/s1. The normalized spacial score (nSPS) is 15.4. The Labute approximate surface area is 371 Å². The Hall–Kier alpha value is -3.00. The molecule has 0 spiro atoms. The van der Waals surface area contributed by atoms with Crippen LogP contribution < -0.4 is 0 Å². The molecule has 0 aromatic carbocycles. The molecule has 0 rings (SSSR count). The van der Waals surface area contributed by atoms with E-state index in [1.807, 2.05) is 12.2 Å². The van der Waals surface area contributed by atoms with Crippen molar-refractivity contribution < 1.29 is 66.7 Å². The quantitative estimate of drug-likeness (QED) is 0.0127. The number of rotatable bonds is 40. The van der Waals surface area contributed by atoms with Crippen LogP contribution in [0.3, 0.4) is 0 Å². The van der Waals surface area contributed by atoms with Crippen LogP contribution in [0.5, 0.6) is 0 Å². The van der Waals surface area contributed by atoms with Gasteiger partial charge in [0.1, 0.15) is 12.7 Å². The highest BCUT2D eigenvalue weighted by molar-refractivity contribution is 7.47. The van der Waals surface area contributed by atoms with Gasteiger partial charge in [-0.2, -0.15) is 0 Å². The number of unbranched alkanes of at least 4 members (excludes halogenated alkanes) is 7. The molecule has 0 aliphatic heterocycles. The van der Waals surface area contributed by atoms with Crippen LogP contribution >= 0.6 is 15.6 Å². The van der Waals surface area contributed by atoms with E-state index < -0.39 is 72.3 Å². The van der Waals surface area contributed by atoms with Crippen LogP contribution in [0.4, 0.5) is 0 Å². The van der Waals surface area contributed by atoms with Crippen LogP contribution in [-0.4, -0.2) is 81.6 Å². The third-order valence-corrected chi connectivity index (χ3v) is 9.99. The minimum absolute atomic E-state index is 0.0444. The lowest BCUT2D eigenvalue weighted by Crippen LogP contribution is -2.30. The smallest absolute Gasteiger partial charge is 0.462 e. The van der Waals surface area contributed by atoms with Crippen molar-refractivity contribution in [3.05, 3.63) is 97.2 Å². The van der Waals surface area contributed by atoms with E-state index >= 15 is 0 Å². The number of esters is 2. The van der Waals surface area contributed by atoms with Gasteiger partial charge in [0.2, 0.25) is 0 Å². The van der Waals surface area contributed by atoms with Gasteiger partial charge in [-0.15, -0.1) is 0 Å². The van der Waals surface area contributed by atoms with E-state index in [1.54, 1.807) is 12.2 Å². The molecule has 4 atom stereocenters. The molecule has 0 bridgehead atoms. The Morgan fingerprint density at radius 2 is 1.06 bits per heavy atom. The molecule has 0 saturated heterocycles. The van der Waals surface area contributed by atoms with Crippen molar-refractivity contribution in [3.63, 3.8) is 0 Å². The lowest BCUT2D eigenvalue weighted by molar-refractivity contribution is -0.161. The maximum Gasteiger partial charge on any atom is 0.472 e. The Kier molecular flexibility index (Phi) is 38.8. The molecule has 5 N–H and O–H groups in total. The summed E-state index contributed by atoms with van der Waals surface area (Å²) in [6.45, 7) is 1.35. The molecule has 0 aromatic rings. The lowest BCUT2D eigenvalue weighted by Gasteiger charge is -2.20. The second kappa shape index (κ2) is 40.8. The maximum absolute atomic E-state index is 12.7. The van der Waals surface area contributed by atoms with Gasteiger partial charge in [0.05, 0.1) is 25.9 Å². The molecule has 62 heavy (non-hydrogen) atoms. The summed E-state index contributed by atoms with van der Waals surface area (Å²) in [7, 11) is -9.76. The highest BCUT2D eigenvalue weighted by Crippen LogP contribution is 2.43. The minimum Gasteiger partial charge on any atom is -0.462 e. The maximum atomic E-state index is 12.7. The molecule has 1 unspecified atom stereocenters. The molecule has 0 heterocycles. The molecule has 0 aliphatic rings. The topological polar surface area (TPSA) is 216 Å². The van der Waals surface area contributed by atoms with Crippen LogP contribution in [0, 0.1) is 0 Å². The van der Waals surface area contributed by atoms with Crippen LogP contribution in [0.2, 0.25) is 0 Å². The van der Waals surface area contributed by atoms with Crippen LogP contribution in [0.15, 0.2) is 97.2 Å². The summed E-state index contributed by atoms with van der Waals surface area (Å²) in [5.74, 6) is -1.27. The van der Waals surface area contributed by atoms with E-state index in [1.165, 1.54) is 19.3 Å². The largest absolute Gasteiger partial charge is 0.472 e. The number of carbonyl (C=O) groups is 2. The van der Waals surface area contributed by atoms with E-state index in [4.69, 9.17) is 23.8 Å².